The van der Waals surface area contributed by atoms with Gasteiger partial charge in [0, 0.05) is 64.1 Å². The summed E-state index contributed by atoms with van der Waals surface area (Å²) < 4.78 is 13.1. The van der Waals surface area contributed by atoms with Gasteiger partial charge in [-0.15, -0.1) is 0 Å². The van der Waals surface area contributed by atoms with Crippen LogP contribution in [0.1, 0.15) is 18.4 Å². The Labute approximate surface area is 139 Å². The molecule has 0 aliphatic carbocycles. The zero-order valence-corrected chi connectivity index (χ0v) is 14.5. The molecule has 6 nitrogen and oxygen atoms in total. The maximum absolute atomic E-state index is 5.98. The summed E-state index contributed by atoms with van der Waals surface area (Å²) in [6, 6.07) is 0. The molecule has 130 valence electrons. The Morgan fingerprint density at radius 2 is 2.17 bits per heavy atom. The van der Waals surface area contributed by atoms with Gasteiger partial charge in [-0.3, -0.25) is 14.5 Å². The Hall–Kier alpha value is -0.950. The number of hydrogen-bond acceptors (Lipinski definition) is 5. The molecule has 0 bridgehead atoms. The normalized spacial score (nSPS) is 27.4. The first-order chi connectivity index (χ1) is 11.2. The predicted octanol–water partition coefficient (Wildman–Crippen LogP) is 0.981. The van der Waals surface area contributed by atoms with E-state index in [1.165, 1.54) is 24.9 Å². The lowest BCUT2D eigenvalue weighted by molar-refractivity contribution is 0.00163. The highest BCUT2D eigenvalue weighted by molar-refractivity contribution is 5.04. The van der Waals surface area contributed by atoms with Crippen LogP contribution in [0.3, 0.4) is 0 Å². The third-order valence-corrected chi connectivity index (χ3v) is 5.04. The van der Waals surface area contributed by atoms with Crippen molar-refractivity contribution >= 4 is 0 Å². The fourth-order valence-electron chi connectivity index (χ4n) is 4.00. The predicted molar refractivity (Wildman–Crippen MR) is 89.3 cm³/mol. The lowest BCUT2D eigenvalue weighted by atomic mass is 9.80. The van der Waals surface area contributed by atoms with E-state index in [4.69, 9.17) is 9.47 Å². The average molecular weight is 322 g/mol. The highest BCUT2D eigenvalue weighted by atomic mass is 16.5. The van der Waals surface area contributed by atoms with Crippen molar-refractivity contribution in [3.05, 3.63) is 18.0 Å². The average Bonchev–Trinajstić information content (AvgIpc) is 2.84. The summed E-state index contributed by atoms with van der Waals surface area (Å²) in [7, 11) is 3.76. The molecule has 0 saturated carbocycles. The van der Waals surface area contributed by atoms with E-state index >= 15 is 0 Å². The summed E-state index contributed by atoms with van der Waals surface area (Å²) in [5.74, 6) is 0. The second kappa shape index (κ2) is 7.75. The SMILES string of the molecule is COCCN1CCOC[C@]2(CCCN(Cc3cnn(C)c3)C2)C1. The third-order valence-electron chi connectivity index (χ3n) is 5.04. The first-order valence-corrected chi connectivity index (χ1v) is 8.68. The van der Waals surface area contributed by atoms with Crippen LogP contribution in [0.4, 0.5) is 0 Å². The number of rotatable bonds is 5. The van der Waals surface area contributed by atoms with Crippen molar-refractivity contribution in [1.29, 1.82) is 0 Å². The fraction of sp³-hybridized carbons (Fsp3) is 0.824. The molecular formula is C17H30N4O2. The van der Waals surface area contributed by atoms with Crippen molar-refractivity contribution in [2.45, 2.75) is 19.4 Å². The quantitative estimate of drug-likeness (QED) is 0.808. The van der Waals surface area contributed by atoms with Gasteiger partial charge in [0.2, 0.25) is 0 Å². The highest BCUT2D eigenvalue weighted by Gasteiger charge is 2.38. The second-order valence-corrected chi connectivity index (χ2v) is 7.16. The van der Waals surface area contributed by atoms with E-state index in [9.17, 15) is 0 Å². The molecule has 2 aliphatic rings. The molecule has 0 unspecified atom stereocenters. The number of aryl methyl sites for hydroxylation is 1. The molecule has 23 heavy (non-hydrogen) atoms. The van der Waals surface area contributed by atoms with Crippen molar-refractivity contribution in [3.63, 3.8) is 0 Å². The van der Waals surface area contributed by atoms with E-state index in [1.807, 2.05) is 17.9 Å². The molecule has 3 heterocycles. The van der Waals surface area contributed by atoms with E-state index in [1.54, 1.807) is 7.11 Å². The van der Waals surface area contributed by atoms with Gasteiger partial charge in [0.25, 0.3) is 0 Å². The summed E-state index contributed by atoms with van der Waals surface area (Å²) in [6.07, 6.45) is 6.62. The van der Waals surface area contributed by atoms with E-state index in [0.717, 1.165) is 52.5 Å². The number of methoxy groups -OCH3 is 1. The summed E-state index contributed by atoms with van der Waals surface area (Å²) in [5, 5.41) is 4.29. The summed E-state index contributed by atoms with van der Waals surface area (Å²) in [5.41, 5.74) is 1.57. The number of nitrogens with zero attached hydrogens (tertiary/aromatic N) is 4. The van der Waals surface area contributed by atoms with Crippen LogP contribution >= 0.6 is 0 Å². The summed E-state index contributed by atoms with van der Waals surface area (Å²) >= 11 is 0. The van der Waals surface area contributed by atoms with Gasteiger partial charge in [-0.05, 0) is 19.4 Å². The summed E-state index contributed by atoms with van der Waals surface area (Å²) in [6.45, 7) is 8.97. The van der Waals surface area contributed by atoms with E-state index in [0.29, 0.717) is 0 Å². The molecular weight excluding hydrogens is 292 g/mol. The topological polar surface area (TPSA) is 42.8 Å². The Morgan fingerprint density at radius 3 is 2.96 bits per heavy atom. The van der Waals surface area contributed by atoms with Gasteiger partial charge in [-0.2, -0.15) is 5.10 Å². The maximum atomic E-state index is 5.98. The smallest absolute Gasteiger partial charge is 0.0593 e. The molecule has 0 aromatic carbocycles. The number of piperidine rings is 1. The van der Waals surface area contributed by atoms with Crippen LogP contribution in [-0.4, -0.2) is 79.2 Å². The molecule has 6 heteroatoms. The van der Waals surface area contributed by atoms with Crippen molar-refractivity contribution in [2.75, 3.05) is 59.7 Å². The zero-order valence-electron chi connectivity index (χ0n) is 14.5. The molecule has 1 aromatic heterocycles. The molecule has 1 spiro atoms. The van der Waals surface area contributed by atoms with E-state index < -0.39 is 0 Å². The molecule has 1 atom stereocenters. The summed E-state index contributed by atoms with van der Waals surface area (Å²) in [4.78, 5) is 5.09. The van der Waals surface area contributed by atoms with E-state index in [-0.39, 0.29) is 5.41 Å². The van der Waals surface area contributed by atoms with Gasteiger partial charge in [-0.25, -0.2) is 0 Å². The monoisotopic (exact) mass is 322 g/mol. The number of hydrogen-bond donors (Lipinski definition) is 0. The minimum atomic E-state index is 0.269. The van der Waals surface area contributed by atoms with Crippen molar-refractivity contribution < 1.29 is 9.47 Å². The standard InChI is InChI=1S/C17H30N4O2/c1-19-11-16(10-18-19)12-21-5-3-4-17(14-21)13-20(6-8-22-2)7-9-23-15-17/h10-11H,3-9,12-15H2,1-2H3/t17-/m1/s1. The molecule has 1 aromatic rings. The highest BCUT2D eigenvalue weighted by Crippen LogP contribution is 2.33. The van der Waals surface area contributed by atoms with Crippen LogP contribution in [0.5, 0.6) is 0 Å². The van der Waals surface area contributed by atoms with Crippen LogP contribution in [0.15, 0.2) is 12.4 Å². The van der Waals surface area contributed by atoms with Gasteiger partial charge in [0.1, 0.15) is 0 Å². The van der Waals surface area contributed by atoms with Crippen LogP contribution < -0.4 is 0 Å². The molecule has 2 aliphatic heterocycles. The van der Waals surface area contributed by atoms with Gasteiger partial charge >= 0.3 is 0 Å². The molecule has 0 radical (unpaired) electrons. The largest absolute Gasteiger partial charge is 0.383 e. The lowest BCUT2D eigenvalue weighted by Gasteiger charge is -2.43. The minimum Gasteiger partial charge on any atom is -0.383 e. The fourth-order valence-corrected chi connectivity index (χ4v) is 4.00. The Morgan fingerprint density at radius 1 is 1.30 bits per heavy atom. The Kier molecular flexibility index (Phi) is 5.69. The van der Waals surface area contributed by atoms with Gasteiger partial charge in [-0.1, -0.05) is 0 Å². The van der Waals surface area contributed by atoms with E-state index in [2.05, 4.69) is 21.1 Å². The molecule has 2 saturated heterocycles. The zero-order chi connectivity index (χ0) is 16.1. The maximum Gasteiger partial charge on any atom is 0.0593 e. The van der Waals surface area contributed by atoms with Gasteiger partial charge < -0.3 is 9.47 Å². The lowest BCUT2D eigenvalue weighted by Crippen LogP contribution is -2.50. The minimum absolute atomic E-state index is 0.269. The van der Waals surface area contributed by atoms with Crippen LogP contribution in [0.25, 0.3) is 0 Å². The van der Waals surface area contributed by atoms with Crippen molar-refractivity contribution in [2.24, 2.45) is 12.5 Å². The van der Waals surface area contributed by atoms with Crippen molar-refractivity contribution in [1.82, 2.24) is 19.6 Å². The Balaban J connectivity index is 1.62. The number of ether oxygens (including phenoxy) is 2. The van der Waals surface area contributed by atoms with Gasteiger partial charge in [0.05, 0.1) is 26.0 Å². The molecule has 3 rings (SSSR count). The molecule has 0 N–H and O–H groups in total. The first kappa shape index (κ1) is 16.9. The second-order valence-electron chi connectivity index (χ2n) is 7.16. The van der Waals surface area contributed by atoms with Crippen LogP contribution in [-0.2, 0) is 23.1 Å². The number of likely N-dealkylation sites (tertiary alicyclic amines) is 1. The number of aromatic nitrogens is 2. The van der Waals surface area contributed by atoms with Crippen molar-refractivity contribution in [3.8, 4) is 0 Å². The van der Waals surface area contributed by atoms with Crippen LogP contribution in [0.2, 0.25) is 0 Å². The Bertz CT molecular complexity index is 493. The van der Waals surface area contributed by atoms with Gasteiger partial charge in [0.15, 0.2) is 0 Å². The van der Waals surface area contributed by atoms with Crippen LogP contribution in [0, 0.1) is 5.41 Å². The first-order valence-electron chi connectivity index (χ1n) is 8.68. The molecule has 0 amide bonds. The third kappa shape index (κ3) is 4.53. The molecule has 2 fully saturated rings.